The van der Waals surface area contributed by atoms with Crippen LogP contribution in [-0.4, -0.2) is 11.0 Å². The van der Waals surface area contributed by atoms with Gasteiger partial charge in [0.2, 0.25) is 0 Å². The molecule has 0 fully saturated rings. The molecule has 0 aromatic rings. The Bertz CT molecular complexity index is 113. The van der Waals surface area contributed by atoms with E-state index >= 15 is 0 Å². The summed E-state index contributed by atoms with van der Waals surface area (Å²) in [6, 6.07) is 0. The molecule has 0 aromatic heterocycles. The maximum absolute atomic E-state index is 8.66. The average molecular weight is 247 g/mol. The molecule has 10 heavy (non-hydrogen) atoms. The van der Waals surface area contributed by atoms with E-state index < -0.39 is 14.0 Å². The van der Waals surface area contributed by atoms with Gasteiger partial charge in [-0.25, -0.2) is 0 Å². The predicted molar refractivity (Wildman–Crippen MR) is 15.2 cm³/mol. The molecule has 9 heteroatoms. The van der Waals surface area contributed by atoms with Crippen LogP contribution in [-0.2, 0) is 30.8 Å². The first-order chi connectivity index (χ1) is 3.73. The summed E-state index contributed by atoms with van der Waals surface area (Å²) in [6.45, 7) is 0. The topological polar surface area (TPSA) is 147 Å². The Morgan fingerprint density at radius 2 is 1.30 bits per heavy atom. The fourth-order valence-electron chi connectivity index (χ4n) is 0. The van der Waals surface area contributed by atoms with Crippen LogP contribution in [0.4, 0.5) is 4.79 Å². The second kappa shape index (κ2) is 7.37. The molecule has 1 N–H and O–H groups in total. The van der Waals surface area contributed by atoms with Gasteiger partial charge in [-0.15, -0.1) is 0 Å². The SMILES string of the molecule is O=C([O-])[O-].O=P([O-])([O-])O.[Zr+4]. The first-order valence-corrected chi connectivity index (χ1v) is 2.86. The summed E-state index contributed by atoms with van der Waals surface area (Å²) in [4.78, 5) is 32.6. The van der Waals surface area contributed by atoms with Crippen molar-refractivity contribution >= 4 is 14.0 Å². The molecule has 56 valence electrons. The van der Waals surface area contributed by atoms with Crippen molar-refractivity contribution < 1.29 is 60.5 Å². The fraction of sp³-hybridized carbons (Fsp3) is 0. The molecule has 0 heterocycles. The Hall–Kier alpha value is 0.263. The van der Waals surface area contributed by atoms with Crippen molar-refractivity contribution in [1.82, 2.24) is 0 Å². The first-order valence-electron chi connectivity index (χ1n) is 1.36. The number of phosphoric acid groups is 1. The Morgan fingerprint density at radius 1 is 1.30 bits per heavy atom. The van der Waals surface area contributed by atoms with Crippen LogP contribution in [0.15, 0.2) is 0 Å². The predicted octanol–water partition coefficient (Wildman–Crippen LogP) is -4.64. The van der Waals surface area contributed by atoms with Crippen LogP contribution in [0.2, 0.25) is 0 Å². The quantitative estimate of drug-likeness (QED) is 0.423. The van der Waals surface area contributed by atoms with Gasteiger partial charge in [0.1, 0.15) is 0 Å². The van der Waals surface area contributed by atoms with E-state index in [9.17, 15) is 0 Å². The van der Waals surface area contributed by atoms with Gasteiger partial charge in [-0.1, -0.05) is 0 Å². The molecule has 0 unspecified atom stereocenters. The van der Waals surface area contributed by atoms with Crippen LogP contribution in [0.5, 0.6) is 0 Å². The van der Waals surface area contributed by atoms with Gasteiger partial charge < -0.3 is 34.3 Å². The van der Waals surface area contributed by atoms with E-state index in [1.165, 1.54) is 0 Å². The minimum atomic E-state index is -5.14. The number of hydrogen-bond acceptors (Lipinski definition) is 6. The monoisotopic (exact) mass is 246 g/mol. The summed E-state index contributed by atoms with van der Waals surface area (Å²) >= 11 is 0. The minimum absolute atomic E-state index is 0. The van der Waals surface area contributed by atoms with Crippen LogP contribution in [0.3, 0.4) is 0 Å². The third kappa shape index (κ3) is 6300. The maximum atomic E-state index is 8.66. The molecule has 0 aliphatic rings. The standard InChI is InChI=1S/CH2O3.H3O4P.Zr/c2-1(3)4;1-5(2,3)4;/h(H2,2,3,4);(H3,1,2,3,4);/q;;+4/p-4. The Balaban J connectivity index is -0.0000000910. The van der Waals surface area contributed by atoms with Gasteiger partial charge in [-0.2, -0.15) is 0 Å². The Kier molecular flexibility index (Phi) is 12.3. The van der Waals surface area contributed by atoms with Crippen molar-refractivity contribution in [3.63, 3.8) is 0 Å². The van der Waals surface area contributed by atoms with E-state index in [4.69, 9.17) is 34.3 Å². The molecule has 0 aromatic carbocycles. The first kappa shape index (κ1) is 16.7. The van der Waals surface area contributed by atoms with Gasteiger partial charge in [0, 0.05) is 0 Å². The molecule has 0 rings (SSSR count). The van der Waals surface area contributed by atoms with Crippen LogP contribution in [0, 0.1) is 0 Å². The molecule has 0 aliphatic carbocycles. The third-order valence-electron chi connectivity index (χ3n) is 0. The van der Waals surface area contributed by atoms with Crippen molar-refractivity contribution in [2.45, 2.75) is 0 Å². The summed E-state index contributed by atoms with van der Waals surface area (Å²) in [7, 11) is -5.14. The zero-order valence-corrected chi connectivity index (χ0v) is 7.70. The van der Waals surface area contributed by atoms with Gasteiger partial charge in [0.25, 0.3) is 0 Å². The summed E-state index contributed by atoms with van der Waals surface area (Å²) in [5.41, 5.74) is 0. The van der Waals surface area contributed by atoms with Gasteiger partial charge in [0.05, 0.1) is 7.82 Å². The third-order valence-corrected chi connectivity index (χ3v) is 0. The maximum Gasteiger partial charge on any atom is 4.00 e. The van der Waals surface area contributed by atoms with E-state index in [0.29, 0.717) is 0 Å². The van der Waals surface area contributed by atoms with Gasteiger partial charge in [-0.3, -0.25) is 0 Å². The molecule has 0 amide bonds. The van der Waals surface area contributed by atoms with Crippen molar-refractivity contribution in [3.05, 3.63) is 0 Å². The fourth-order valence-corrected chi connectivity index (χ4v) is 0. The largest absolute Gasteiger partial charge is 4.00 e. The molecular weight excluding hydrogens is 246 g/mol. The molecule has 0 aliphatic heterocycles. The van der Waals surface area contributed by atoms with Gasteiger partial charge in [0.15, 0.2) is 0 Å². The summed E-state index contributed by atoms with van der Waals surface area (Å²) in [5, 5.41) is 16.7. The second-order valence-corrected chi connectivity index (χ2v) is 1.66. The molecule has 0 bridgehead atoms. The number of rotatable bonds is 0. The van der Waals surface area contributed by atoms with Crippen LogP contribution >= 0.6 is 7.82 Å². The van der Waals surface area contributed by atoms with E-state index in [-0.39, 0.29) is 26.2 Å². The number of carbonyl (C=O) groups is 1. The molecule has 7 nitrogen and oxygen atoms in total. The van der Waals surface area contributed by atoms with E-state index in [1.54, 1.807) is 0 Å². The van der Waals surface area contributed by atoms with Crippen LogP contribution in [0.25, 0.3) is 0 Å². The van der Waals surface area contributed by atoms with E-state index in [2.05, 4.69) is 0 Å². The molecule has 0 atom stereocenters. The summed E-state index contributed by atoms with van der Waals surface area (Å²) < 4.78 is 8.66. The Labute approximate surface area is 74.7 Å². The summed E-state index contributed by atoms with van der Waals surface area (Å²) in [5.74, 6) is 0. The smallest absolute Gasteiger partial charge is 0.790 e. The second-order valence-electron chi connectivity index (χ2n) is 0.719. The van der Waals surface area contributed by atoms with Crippen LogP contribution < -0.4 is 20.0 Å². The number of hydrogen-bond donors (Lipinski definition) is 1. The minimum Gasteiger partial charge on any atom is -0.790 e. The van der Waals surface area contributed by atoms with Crippen molar-refractivity contribution in [3.8, 4) is 0 Å². The molecule has 0 spiro atoms. The van der Waals surface area contributed by atoms with Gasteiger partial charge in [-0.05, 0) is 6.16 Å². The van der Waals surface area contributed by atoms with E-state index in [0.717, 1.165) is 0 Å². The normalized spacial score (nSPS) is 8.30. The number of carboxylic acid groups (broad SMARTS) is 2. The Morgan fingerprint density at radius 3 is 1.30 bits per heavy atom. The molecule has 0 radical (unpaired) electrons. The number of carbonyl (C=O) groups excluding carboxylic acids is 1. The molecule has 0 saturated carbocycles. The molecular formula is CHO7PZr. The average Bonchev–Trinajstić information content (AvgIpc) is 1.19. The van der Waals surface area contributed by atoms with E-state index in [1.807, 2.05) is 0 Å². The van der Waals surface area contributed by atoms with Gasteiger partial charge >= 0.3 is 26.2 Å². The summed E-state index contributed by atoms with van der Waals surface area (Å²) in [6.07, 6.45) is -2.33. The van der Waals surface area contributed by atoms with Crippen LogP contribution in [0.1, 0.15) is 0 Å². The van der Waals surface area contributed by atoms with Crippen molar-refractivity contribution in [1.29, 1.82) is 0 Å². The van der Waals surface area contributed by atoms with Crippen molar-refractivity contribution in [2.75, 3.05) is 0 Å². The van der Waals surface area contributed by atoms with Crippen molar-refractivity contribution in [2.24, 2.45) is 0 Å². The molecule has 0 saturated heterocycles. The zero-order chi connectivity index (χ0) is 8.08. The zero-order valence-electron chi connectivity index (χ0n) is 4.34.